The van der Waals surface area contributed by atoms with Crippen LogP contribution in [0.5, 0.6) is 0 Å². The van der Waals surface area contributed by atoms with Crippen molar-refractivity contribution in [1.29, 1.82) is 0 Å². The molecule has 1 atom stereocenters. The molecule has 0 spiro atoms. The van der Waals surface area contributed by atoms with E-state index >= 15 is 0 Å². The van der Waals surface area contributed by atoms with Crippen LogP contribution in [0, 0.1) is 0 Å². The second-order valence-electron chi connectivity index (χ2n) is 6.78. The molecule has 1 unspecified atom stereocenters. The van der Waals surface area contributed by atoms with E-state index in [-0.39, 0.29) is 0 Å². The van der Waals surface area contributed by atoms with Gasteiger partial charge in [-0.3, -0.25) is 0 Å². The number of hydrogen-bond donors (Lipinski definition) is 0. The minimum absolute atomic E-state index is 1.06. The van der Waals surface area contributed by atoms with Gasteiger partial charge in [-0.1, -0.05) is 32.6 Å². The Labute approximate surface area is 157 Å². The number of rotatable bonds is 15. The molecule has 0 aliphatic rings. The van der Waals surface area contributed by atoms with E-state index in [4.69, 9.17) is 0 Å². The van der Waals surface area contributed by atoms with Gasteiger partial charge in [-0.15, -0.1) is 0 Å². The molecular weight excluding hydrogens is 255 g/mol. The van der Waals surface area contributed by atoms with Crippen molar-refractivity contribution in [2.45, 2.75) is 110 Å². The zero-order valence-electron chi connectivity index (χ0n) is 14.2. The van der Waals surface area contributed by atoms with E-state index in [1.807, 2.05) is 0 Å². The fraction of sp³-hybridized carbons (Fsp3) is 1.00. The summed E-state index contributed by atoms with van der Waals surface area (Å²) in [6.45, 7) is 4.72. The van der Waals surface area contributed by atoms with E-state index < -0.39 is 0 Å². The summed E-state index contributed by atoms with van der Waals surface area (Å²) in [7, 11) is 0. The molecule has 110 valence electrons. The molecular formula is C18H37K. The van der Waals surface area contributed by atoms with Crippen LogP contribution < -0.4 is 0 Å². The van der Waals surface area contributed by atoms with Crippen molar-refractivity contribution in [3.05, 3.63) is 0 Å². The van der Waals surface area contributed by atoms with Gasteiger partial charge in [0.05, 0.1) is 0 Å². The molecule has 0 aliphatic carbocycles. The van der Waals surface area contributed by atoms with E-state index in [2.05, 4.69) is 13.8 Å². The molecule has 0 radical (unpaired) electrons. The normalized spacial score (nSPS) is 12.8. The van der Waals surface area contributed by atoms with Gasteiger partial charge in [-0.05, 0) is 0 Å². The Morgan fingerprint density at radius 1 is 0.579 bits per heavy atom. The summed E-state index contributed by atoms with van der Waals surface area (Å²) in [5.74, 6) is 0. The first-order valence-corrected chi connectivity index (χ1v) is 11.1. The molecule has 0 N–H and O–H groups in total. The van der Waals surface area contributed by atoms with Gasteiger partial charge in [-0.2, -0.15) is 0 Å². The summed E-state index contributed by atoms with van der Waals surface area (Å²) in [4.78, 5) is 0. The average molecular weight is 293 g/mol. The second kappa shape index (κ2) is 17.7. The molecule has 0 amide bonds. The summed E-state index contributed by atoms with van der Waals surface area (Å²) in [6, 6.07) is 0. The molecule has 0 fully saturated rings. The molecule has 19 heavy (non-hydrogen) atoms. The molecule has 0 bridgehead atoms. The predicted molar refractivity (Wildman–Crippen MR) is 90.1 cm³/mol. The van der Waals surface area contributed by atoms with Crippen LogP contribution in [0.1, 0.15) is 110 Å². The first-order chi connectivity index (χ1) is 9.27. The zero-order valence-corrected chi connectivity index (χ0v) is 17.3. The van der Waals surface area contributed by atoms with Crippen LogP contribution in [0.3, 0.4) is 0 Å². The summed E-state index contributed by atoms with van der Waals surface area (Å²) < 4.78 is 1.09. The monoisotopic (exact) mass is 292 g/mol. The minimum atomic E-state index is 1.06. The third kappa shape index (κ3) is 19.6. The van der Waals surface area contributed by atoms with Crippen molar-refractivity contribution in [3.8, 4) is 0 Å². The van der Waals surface area contributed by atoms with Crippen molar-refractivity contribution < 1.29 is 0 Å². The SMILES string of the molecule is CCCCCCCCCCCCCCCC[CH](C)[K]. The van der Waals surface area contributed by atoms with Crippen molar-refractivity contribution in [3.63, 3.8) is 0 Å². The standard InChI is InChI=1S/C18H37.K/c1-3-5-7-9-11-13-15-17-18-16-14-12-10-8-6-4-2;/h3H,4-18H2,1-2H3;. The molecule has 0 heterocycles. The molecule has 0 aliphatic heterocycles. The second-order valence-corrected chi connectivity index (χ2v) is 9.86. The van der Waals surface area contributed by atoms with E-state index in [1.165, 1.54) is 96.3 Å². The van der Waals surface area contributed by atoms with Crippen LogP contribution in [0.15, 0.2) is 0 Å². The summed E-state index contributed by atoms with van der Waals surface area (Å²) >= 11 is 1.06. The Hall–Kier alpha value is 1.64. The van der Waals surface area contributed by atoms with Crippen molar-refractivity contribution >= 4 is 49.0 Å². The van der Waals surface area contributed by atoms with Gasteiger partial charge in [0.15, 0.2) is 0 Å². The molecule has 0 saturated carbocycles. The molecule has 1 heteroatoms. The van der Waals surface area contributed by atoms with Crippen LogP contribution in [0.4, 0.5) is 0 Å². The van der Waals surface area contributed by atoms with E-state index in [0.717, 1.165) is 49.0 Å². The summed E-state index contributed by atoms with van der Waals surface area (Å²) in [5.41, 5.74) is 0. The van der Waals surface area contributed by atoms with Crippen molar-refractivity contribution in [2.24, 2.45) is 0 Å². The fourth-order valence-electron chi connectivity index (χ4n) is 2.75. The molecule has 0 aromatic carbocycles. The molecule has 0 aromatic rings. The first-order valence-electron chi connectivity index (χ1n) is 9.27. The van der Waals surface area contributed by atoms with Crippen molar-refractivity contribution in [1.82, 2.24) is 0 Å². The Bertz CT molecular complexity index is 154. The predicted octanol–water partition coefficient (Wildman–Crippen LogP) is 6.83. The topological polar surface area (TPSA) is 0 Å². The Balaban J connectivity index is 2.91. The van der Waals surface area contributed by atoms with Gasteiger partial charge in [0, 0.05) is 0 Å². The maximum atomic E-state index is 2.42. The Kier molecular flexibility index (Phi) is 19.2. The molecule has 0 saturated heterocycles. The fourth-order valence-corrected chi connectivity index (χ4v) is 3.38. The summed E-state index contributed by atoms with van der Waals surface area (Å²) in [5, 5.41) is 0. The van der Waals surface area contributed by atoms with Gasteiger partial charge < -0.3 is 0 Å². The van der Waals surface area contributed by atoms with Gasteiger partial charge >= 0.3 is 127 Å². The number of unbranched alkanes of at least 4 members (excludes halogenated alkanes) is 13. The van der Waals surface area contributed by atoms with Gasteiger partial charge in [0.1, 0.15) is 0 Å². The van der Waals surface area contributed by atoms with E-state index in [0.29, 0.717) is 0 Å². The van der Waals surface area contributed by atoms with Crippen LogP contribution in [-0.2, 0) is 0 Å². The first kappa shape index (κ1) is 20.6. The average Bonchev–Trinajstić information content (AvgIpc) is 2.39. The van der Waals surface area contributed by atoms with Gasteiger partial charge in [-0.25, -0.2) is 0 Å². The quantitative estimate of drug-likeness (QED) is 0.229. The Morgan fingerprint density at radius 3 is 1.21 bits per heavy atom. The van der Waals surface area contributed by atoms with Crippen LogP contribution in [0.25, 0.3) is 0 Å². The van der Waals surface area contributed by atoms with E-state index in [1.54, 1.807) is 0 Å². The summed E-state index contributed by atoms with van der Waals surface area (Å²) in [6.07, 6.45) is 22.2. The maximum absolute atomic E-state index is 2.42. The number of hydrogen-bond acceptors (Lipinski definition) is 0. The van der Waals surface area contributed by atoms with Crippen molar-refractivity contribution in [2.75, 3.05) is 0 Å². The molecule has 0 nitrogen and oxygen atoms in total. The van der Waals surface area contributed by atoms with Crippen LogP contribution in [-0.4, -0.2) is 49.0 Å². The Morgan fingerprint density at radius 2 is 0.895 bits per heavy atom. The molecule has 0 rings (SSSR count). The molecule has 0 aromatic heterocycles. The zero-order chi connectivity index (χ0) is 14.2. The van der Waals surface area contributed by atoms with Crippen LogP contribution in [0.2, 0.25) is 0.0125 Å². The third-order valence-electron chi connectivity index (χ3n) is 4.14. The van der Waals surface area contributed by atoms with Crippen LogP contribution >= 0.6 is 0 Å². The third-order valence-corrected chi connectivity index (χ3v) is 5.04. The van der Waals surface area contributed by atoms with E-state index in [9.17, 15) is 0 Å². The van der Waals surface area contributed by atoms with Gasteiger partial charge in [0.25, 0.3) is 0 Å². The van der Waals surface area contributed by atoms with Gasteiger partial charge in [0.2, 0.25) is 0 Å².